The van der Waals surface area contributed by atoms with Crippen molar-refractivity contribution in [3.63, 3.8) is 0 Å². The highest BCUT2D eigenvalue weighted by Crippen LogP contribution is 2.36. The Labute approximate surface area is 119 Å². The molecule has 0 atom stereocenters. The fraction of sp³-hybridized carbons (Fsp3) is 0.857. The standard InChI is InChI=1S/C14H23N3OS/c1-14(2)7-5-11(6-8-14)18-13-17-16-12(19-13)9-15-10-3-4-10/h10-11,15H,3-9H2,1-2H3. The molecular formula is C14H23N3OS. The van der Waals surface area contributed by atoms with Gasteiger partial charge in [-0.2, -0.15) is 0 Å². The van der Waals surface area contributed by atoms with E-state index in [-0.39, 0.29) is 0 Å². The van der Waals surface area contributed by atoms with E-state index >= 15 is 0 Å². The second-order valence-electron chi connectivity index (χ2n) is 6.60. The molecule has 106 valence electrons. The van der Waals surface area contributed by atoms with Gasteiger partial charge < -0.3 is 10.1 Å². The van der Waals surface area contributed by atoms with Crippen molar-refractivity contribution in [3.05, 3.63) is 5.01 Å². The van der Waals surface area contributed by atoms with Crippen LogP contribution < -0.4 is 10.1 Å². The first kappa shape index (κ1) is 13.3. The first-order valence-electron chi connectivity index (χ1n) is 7.33. The quantitative estimate of drug-likeness (QED) is 0.900. The molecule has 0 saturated heterocycles. The molecule has 2 saturated carbocycles. The average molecular weight is 281 g/mol. The van der Waals surface area contributed by atoms with E-state index in [4.69, 9.17) is 4.74 Å². The first-order chi connectivity index (χ1) is 9.11. The average Bonchev–Trinajstić information content (AvgIpc) is 3.10. The molecule has 2 fully saturated rings. The molecule has 0 aliphatic heterocycles. The Morgan fingerprint density at radius 3 is 2.63 bits per heavy atom. The molecule has 1 aromatic heterocycles. The normalized spacial score (nSPS) is 23.5. The van der Waals surface area contributed by atoms with Crippen molar-refractivity contribution in [1.29, 1.82) is 0 Å². The van der Waals surface area contributed by atoms with Crippen molar-refractivity contribution in [3.8, 4) is 5.19 Å². The van der Waals surface area contributed by atoms with Gasteiger partial charge in [-0.3, -0.25) is 0 Å². The van der Waals surface area contributed by atoms with Crippen molar-refractivity contribution >= 4 is 11.3 Å². The van der Waals surface area contributed by atoms with Crippen LogP contribution >= 0.6 is 11.3 Å². The predicted molar refractivity (Wildman–Crippen MR) is 76.4 cm³/mol. The van der Waals surface area contributed by atoms with E-state index in [9.17, 15) is 0 Å². The van der Waals surface area contributed by atoms with Gasteiger partial charge in [0.05, 0.1) is 6.54 Å². The van der Waals surface area contributed by atoms with Crippen LogP contribution in [0.3, 0.4) is 0 Å². The molecule has 1 heterocycles. The highest BCUT2D eigenvalue weighted by molar-refractivity contribution is 7.13. The van der Waals surface area contributed by atoms with Gasteiger partial charge in [0.1, 0.15) is 11.1 Å². The van der Waals surface area contributed by atoms with Gasteiger partial charge in [0.2, 0.25) is 0 Å². The molecule has 0 spiro atoms. The minimum atomic E-state index is 0.338. The summed E-state index contributed by atoms with van der Waals surface area (Å²) in [5, 5.41) is 13.6. The SMILES string of the molecule is CC1(C)CCC(Oc2nnc(CNC3CC3)s2)CC1. The van der Waals surface area contributed by atoms with Gasteiger partial charge in [-0.15, -0.1) is 5.10 Å². The number of hydrogen-bond acceptors (Lipinski definition) is 5. The Bertz CT molecular complexity index is 418. The van der Waals surface area contributed by atoms with E-state index in [0.717, 1.165) is 29.6 Å². The molecule has 1 aromatic rings. The second kappa shape index (κ2) is 5.37. The summed E-state index contributed by atoms with van der Waals surface area (Å²) in [5.74, 6) is 0. The molecule has 0 radical (unpaired) electrons. The van der Waals surface area contributed by atoms with Crippen LogP contribution in [-0.4, -0.2) is 22.3 Å². The molecule has 1 N–H and O–H groups in total. The lowest BCUT2D eigenvalue weighted by Gasteiger charge is -2.33. The molecule has 0 bridgehead atoms. The van der Waals surface area contributed by atoms with Crippen molar-refractivity contribution in [2.45, 2.75) is 71.1 Å². The maximum Gasteiger partial charge on any atom is 0.294 e. The van der Waals surface area contributed by atoms with Crippen LogP contribution in [0.25, 0.3) is 0 Å². The Morgan fingerprint density at radius 2 is 1.95 bits per heavy atom. The summed E-state index contributed by atoms with van der Waals surface area (Å²) in [5.41, 5.74) is 0.486. The number of ether oxygens (including phenoxy) is 1. The molecule has 2 aliphatic carbocycles. The third-order valence-electron chi connectivity index (χ3n) is 4.12. The van der Waals surface area contributed by atoms with E-state index in [1.165, 1.54) is 25.7 Å². The molecule has 4 nitrogen and oxygen atoms in total. The minimum Gasteiger partial charge on any atom is -0.466 e. The summed E-state index contributed by atoms with van der Waals surface area (Å²) in [4.78, 5) is 0. The van der Waals surface area contributed by atoms with Gasteiger partial charge in [0.25, 0.3) is 5.19 Å². The number of hydrogen-bond donors (Lipinski definition) is 1. The molecule has 5 heteroatoms. The van der Waals surface area contributed by atoms with Gasteiger partial charge in [-0.25, -0.2) is 0 Å². The zero-order chi connectivity index (χ0) is 13.3. The van der Waals surface area contributed by atoms with Crippen LogP contribution in [0.2, 0.25) is 0 Å². The highest BCUT2D eigenvalue weighted by Gasteiger charge is 2.28. The Kier molecular flexibility index (Phi) is 3.76. The summed E-state index contributed by atoms with van der Waals surface area (Å²) >= 11 is 1.59. The third kappa shape index (κ3) is 3.89. The molecule has 0 amide bonds. The van der Waals surface area contributed by atoms with E-state index in [1.54, 1.807) is 11.3 Å². The summed E-state index contributed by atoms with van der Waals surface area (Å²) in [6.45, 7) is 5.52. The molecule has 0 aromatic carbocycles. The zero-order valence-corrected chi connectivity index (χ0v) is 12.6. The fourth-order valence-corrected chi connectivity index (χ4v) is 3.21. The van der Waals surface area contributed by atoms with Crippen LogP contribution in [0.5, 0.6) is 5.19 Å². The summed E-state index contributed by atoms with van der Waals surface area (Å²) in [6, 6.07) is 0.717. The van der Waals surface area contributed by atoms with Gasteiger partial charge in [-0.1, -0.05) is 30.3 Å². The van der Waals surface area contributed by atoms with Crippen LogP contribution in [0.15, 0.2) is 0 Å². The van der Waals surface area contributed by atoms with Gasteiger partial charge >= 0.3 is 0 Å². The topological polar surface area (TPSA) is 47.0 Å². The highest BCUT2D eigenvalue weighted by atomic mass is 32.1. The van der Waals surface area contributed by atoms with E-state index in [1.807, 2.05) is 0 Å². The Balaban J connectivity index is 1.47. The Hall–Kier alpha value is -0.680. The summed E-state index contributed by atoms with van der Waals surface area (Å²) in [6.07, 6.45) is 7.72. The lowest BCUT2D eigenvalue weighted by molar-refractivity contribution is 0.0978. The van der Waals surface area contributed by atoms with Crippen LogP contribution in [-0.2, 0) is 6.54 Å². The van der Waals surface area contributed by atoms with Crippen molar-refractivity contribution in [2.75, 3.05) is 0 Å². The summed E-state index contributed by atoms with van der Waals surface area (Å²) in [7, 11) is 0. The zero-order valence-electron chi connectivity index (χ0n) is 11.8. The predicted octanol–water partition coefficient (Wildman–Crippen LogP) is 3.14. The second-order valence-corrected chi connectivity index (χ2v) is 7.62. The molecule has 3 rings (SSSR count). The van der Waals surface area contributed by atoms with Crippen LogP contribution in [0.1, 0.15) is 57.4 Å². The van der Waals surface area contributed by atoms with Crippen LogP contribution in [0.4, 0.5) is 0 Å². The Morgan fingerprint density at radius 1 is 1.21 bits per heavy atom. The largest absolute Gasteiger partial charge is 0.466 e. The van der Waals surface area contributed by atoms with Crippen molar-refractivity contribution in [1.82, 2.24) is 15.5 Å². The molecular weight excluding hydrogens is 258 g/mol. The monoisotopic (exact) mass is 281 g/mol. The summed E-state index contributed by atoms with van der Waals surface area (Å²) < 4.78 is 5.97. The lowest BCUT2D eigenvalue weighted by atomic mass is 9.76. The number of nitrogens with one attached hydrogen (secondary N) is 1. The minimum absolute atomic E-state index is 0.338. The molecule has 2 aliphatic rings. The van der Waals surface area contributed by atoms with E-state index < -0.39 is 0 Å². The van der Waals surface area contributed by atoms with E-state index in [2.05, 4.69) is 29.4 Å². The van der Waals surface area contributed by atoms with Crippen LogP contribution in [0, 0.1) is 5.41 Å². The van der Waals surface area contributed by atoms with Gasteiger partial charge in [0, 0.05) is 6.04 Å². The lowest BCUT2D eigenvalue weighted by Crippen LogP contribution is -2.28. The maximum absolute atomic E-state index is 5.97. The molecule has 19 heavy (non-hydrogen) atoms. The smallest absolute Gasteiger partial charge is 0.294 e. The van der Waals surface area contributed by atoms with Gasteiger partial charge in [-0.05, 0) is 43.9 Å². The van der Waals surface area contributed by atoms with Crippen molar-refractivity contribution < 1.29 is 4.74 Å². The number of nitrogens with zero attached hydrogens (tertiary/aromatic N) is 2. The van der Waals surface area contributed by atoms with Gasteiger partial charge in [0.15, 0.2) is 0 Å². The van der Waals surface area contributed by atoms with Crippen molar-refractivity contribution in [2.24, 2.45) is 5.41 Å². The third-order valence-corrected chi connectivity index (χ3v) is 4.94. The number of rotatable bonds is 5. The first-order valence-corrected chi connectivity index (χ1v) is 8.15. The fourth-order valence-electron chi connectivity index (χ4n) is 2.51. The maximum atomic E-state index is 5.97. The molecule has 0 unspecified atom stereocenters. The number of aromatic nitrogens is 2. The van der Waals surface area contributed by atoms with E-state index in [0.29, 0.717) is 17.6 Å².